The second-order valence-electron chi connectivity index (χ2n) is 4.67. The number of aliphatic carboxylic acids is 1. The van der Waals surface area contributed by atoms with Crippen molar-refractivity contribution in [3.05, 3.63) is 69.8 Å². The Kier molecular flexibility index (Phi) is 5.09. The molecule has 0 fully saturated rings. The van der Waals surface area contributed by atoms with Crippen molar-refractivity contribution in [2.75, 3.05) is 6.61 Å². The summed E-state index contributed by atoms with van der Waals surface area (Å²) in [6.07, 6.45) is 1.47. The van der Waals surface area contributed by atoms with E-state index in [0.29, 0.717) is 23.5 Å². The van der Waals surface area contributed by atoms with Crippen LogP contribution in [-0.2, 0) is 4.79 Å². The zero-order chi connectivity index (χ0) is 16.8. The smallest absolute Gasteiger partial charge is 0.336 e. The van der Waals surface area contributed by atoms with Crippen molar-refractivity contribution >= 4 is 23.3 Å². The van der Waals surface area contributed by atoms with Crippen LogP contribution in [0.25, 0.3) is 11.6 Å². The summed E-state index contributed by atoms with van der Waals surface area (Å²) in [4.78, 5) is 21.7. The van der Waals surface area contributed by atoms with E-state index in [1.165, 1.54) is 30.3 Å². The average Bonchev–Trinajstić information content (AvgIpc) is 2.53. The lowest BCUT2D eigenvalue weighted by Gasteiger charge is -2.07. The number of carbonyl (C=O) groups is 1. The van der Waals surface area contributed by atoms with Crippen LogP contribution in [0.4, 0.5) is 5.69 Å². The third-order valence-electron chi connectivity index (χ3n) is 3.10. The van der Waals surface area contributed by atoms with E-state index in [4.69, 9.17) is 4.74 Å². The van der Waals surface area contributed by atoms with Crippen LogP contribution in [0.5, 0.6) is 5.75 Å². The van der Waals surface area contributed by atoms with E-state index < -0.39 is 10.9 Å². The van der Waals surface area contributed by atoms with E-state index in [1.54, 1.807) is 24.3 Å². The van der Waals surface area contributed by atoms with Gasteiger partial charge in [-0.3, -0.25) is 10.1 Å². The number of ether oxygens (including phenoxy) is 1. The normalized spacial score (nSPS) is 11.1. The number of carboxylic acid groups (broad SMARTS) is 1. The van der Waals surface area contributed by atoms with Crippen LogP contribution in [-0.4, -0.2) is 22.6 Å². The van der Waals surface area contributed by atoms with Crippen molar-refractivity contribution in [3.63, 3.8) is 0 Å². The molecular weight excluding hydrogens is 298 g/mol. The fourth-order valence-corrected chi connectivity index (χ4v) is 2.05. The molecule has 0 aromatic heterocycles. The van der Waals surface area contributed by atoms with Gasteiger partial charge in [-0.2, -0.15) is 0 Å². The SMILES string of the molecule is CCOc1cccc(/C(=C/c2ccc([N+](=O)[O-])cc2)C(=O)O)c1. The highest BCUT2D eigenvalue weighted by Crippen LogP contribution is 2.24. The second kappa shape index (κ2) is 7.22. The van der Waals surface area contributed by atoms with Gasteiger partial charge in [0.05, 0.1) is 17.1 Å². The number of hydrogen-bond donors (Lipinski definition) is 1. The van der Waals surface area contributed by atoms with Gasteiger partial charge >= 0.3 is 5.97 Å². The predicted molar refractivity (Wildman–Crippen MR) is 86.2 cm³/mol. The maximum Gasteiger partial charge on any atom is 0.336 e. The maximum absolute atomic E-state index is 11.5. The van der Waals surface area contributed by atoms with E-state index in [-0.39, 0.29) is 11.3 Å². The van der Waals surface area contributed by atoms with Gasteiger partial charge in [-0.25, -0.2) is 4.79 Å². The topological polar surface area (TPSA) is 89.7 Å². The van der Waals surface area contributed by atoms with Crippen LogP contribution < -0.4 is 4.74 Å². The summed E-state index contributed by atoms with van der Waals surface area (Å²) in [5, 5.41) is 20.1. The highest BCUT2D eigenvalue weighted by atomic mass is 16.6. The van der Waals surface area contributed by atoms with Crippen LogP contribution in [0, 0.1) is 10.1 Å². The number of benzene rings is 2. The number of rotatable bonds is 6. The molecule has 0 saturated heterocycles. The number of carboxylic acids is 1. The average molecular weight is 313 g/mol. The molecule has 6 heteroatoms. The number of non-ortho nitro benzene ring substituents is 1. The number of hydrogen-bond acceptors (Lipinski definition) is 4. The Balaban J connectivity index is 2.39. The summed E-state index contributed by atoms with van der Waals surface area (Å²) in [7, 11) is 0. The van der Waals surface area contributed by atoms with Gasteiger partial charge in [0.25, 0.3) is 5.69 Å². The summed E-state index contributed by atoms with van der Waals surface area (Å²) in [5.41, 5.74) is 1.11. The molecule has 2 aromatic rings. The molecule has 0 spiro atoms. The fourth-order valence-electron chi connectivity index (χ4n) is 2.05. The van der Waals surface area contributed by atoms with Crippen LogP contribution in [0.1, 0.15) is 18.1 Å². The minimum Gasteiger partial charge on any atom is -0.494 e. The monoisotopic (exact) mass is 313 g/mol. The van der Waals surface area contributed by atoms with E-state index in [2.05, 4.69) is 0 Å². The number of nitro groups is 1. The van der Waals surface area contributed by atoms with Gasteiger partial charge in [0.15, 0.2) is 0 Å². The minimum absolute atomic E-state index is 0.0441. The minimum atomic E-state index is -1.09. The molecule has 0 aliphatic carbocycles. The van der Waals surface area contributed by atoms with Gasteiger partial charge in [-0.1, -0.05) is 12.1 Å². The van der Waals surface area contributed by atoms with Gasteiger partial charge in [-0.05, 0) is 48.4 Å². The first-order valence-corrected chi connectivity index (χ1v) is 6.94. The summed E-state index contributed by atoms with van der Waals surface area (Å²) in [6.45, 7) is 2.33. The Morgan fingerprint density at radius 1 is 1.26 bits per heavy atom. The molecule has 0 heterocycles. The molecule has 0 atom stereocenters. The zero-order valence-electron chi connectivity index (χ0n) is 12.4. The lowest BCUT2D eigenvalue weighted by atomic mass is 10.0. The molecule has 23 heavy (non-hydrogen) atoms. The molecule has 0 bridgehead atoms. The zero-order valence-corrected chi connectivity index (χ0v) is 12.4. The summed E-state index contributed by atoms with van der Waals surface area (Å²) >= 11 is 0. The summed E-state index contributed by atoms with van der Waals surface area (Å²) in [6, 6.07) is 12.5. The van der Waals surface area contributed by atoms with Crippen molar-refractivity contribution in [1.82, 2.24) is 0 Å². The van der Waals surface area contributed by atoms with Gasteiger partial charge in [0.1, 0.15) is 5.75 Å². The summed E-state index contributed by atoms with van der Waals surface area (Å²) < 4.78 is 5.37. The standard InChI is InChI=1S/C17H15NO5/c1-2-23-15-5-3-4-13(11-15)16(17(19)20)10-12-6-8-14(9-7-12)18(21)22/h3-11H,2H2,1H3,(H,19,20)/b16-10-. The van der Waals surface area contributed by atoms with Gasteiger partial charge < -0.3 is 9.84 Å². The first-order chi connectivity index (χ1) is 11.0. The van der Waals surface area contributed by atoms with Crippen LogP contribution >= 0.6 is 0 Å². The Hall–Kier alpha value is -3.15. The Bertz CT molecular complexity index is 750. The van der Waals surface area contributed by atoms with Crippen molar-refractivity contribution < 1.29 is 19.6 Å². The largest absolute Gasteiger partial charge is 0.494 e. The van der Waals surface area contributed by atoms with E-state index in [0.717, 1.165) is 0 Å². The Labute approximate surface area is 132 Å². The van der Waals surface area contributed by atoms with Crippen LogP contribution in [0.15, 0.2) is 48.5 Å². The Morgan fingerprint density at radius 2 is 1.96 bits per heavy atom. The third-order valence-corrected chi connectivity index (χ3v) is 3.10. The molecule has 0 aliphatic rings. The fraction of sp³-hybridized carbons (Fsp3) is 0.118. The van der Waals surface area contributed by atoms with Crippen LogP contribution in [0.3, 0.4) is 0 Å². The van der Waals surface area contributed by atoms with Crippen molar-refractivity contribution in [3.8, 4) is 5.75 Å². The van der Waals surface area contributed by atoms with Gasteiger partial charge in [0, 0.05) is 12.1 Å². The predicted octanol–water partition coefficient (Wildman–Crippen LogP) is 3.62. The molecular formula is C17H15NO5. The number of nitrogens with zero attached hydrogens (tertiary/aromatic N) is 1. The lowest BCUT2D eigenvalue weighted by Crippen LogP contribution is -2.00. The first-order valence-electron chi connectivity index (χ1n) is 6.94. The molecule has 1 N–H and O–H groups in total. The van der Waals surface area contributed by atoms with Gasteiger partial charge in [0.2, 0.25) is 0 Å². The molecule has 0 radical (unpaired) electrons. The van der Waals surface area contributed by atoms with Crippen LogP contribution in [0.2, 0.25) is 0 Å². The molecule has 0 unspecified atom stereocenters. The number of nitro benzene ring substituents is 1. The van der Waals surface area contributed by atoms with E-state index in [9.17, 15) is 20.0 Å². The molecule has 0 saturated carbocycles. The second-order valence-corrected chi connectivity index (χ2v) is 4.67. The van der Waals surface area contributed by atoms with Gasteiger partial charge in [-0.15, -0.1) is 0 Å². The summed E-state index contributed by atoms with van der Waals surface area (Å²) in [5.74, 6) is -0.502. The molecule has 6 nitrogen and oxygen atoms in total. The highest BCUT2D eigenvalue weighted by molar-refractivity contribution is 6.20. The molecule has 2 rings (SSSR count). The molecule has 2 aromatic carbocycles. The molecule has 118 valence electrons. The Morgan fingerprint density at radius 3 is 2.52 bits per heavy atom. The van der Waals surface area contributed by atoms with Crippen molar-refractivity contribution in [2.45, 2.75) is 6.92 Å². The van der Waals surface area contributed by atoms with E-state index in [1.807, 2.05) is 6.92 Å². The van der Waals surface area contributed by atoms with E-state index >= 15 is 0 Å². The van der Waals surface area contributed by atoms with Crippen molar-refractivity contribution in [2.24, 2.45) is 0 Å². The molecule has 0 aliphatic heterocycles. The first kappa shape index (κ1) is 16.2. The highest BCUT2D eigenvalue weighted by Gasteiger charge is 2.12. The maximum atomic E-state index is 11.5. The quantitative estimate of drug-likeness (QED) is 0.381. The molecule has 0 amide bonds. The lowest BCUT2D eigenvalue weighted by molar-refractivity contribution is -0.384. The van der Waals surface area contributed by atoms with Crippen molar-refractivity contribution in [1.29, 1.82) is 0 Å². The third kappa shape index (κ3) is 4.16.